The molecule has 0 spiro atoms. The molecule has 0 saturated carbocycles. The number of anilines is 2. The van der Waals surface area contributed by atoms with E-state index in [1.165, 1.54) is 15.5 Å². The molecule has 1 amide bonds. The van der Waals surface area contributed by atoms with Crippen LogP contribution in [0.2, 0.25) is 5.02 Å². The molecule has 0 radical (unpaired) electrons. The summed E-state index contributed by atoms with van der Waals surface area (Å²) in [6.45, 7) is 6.48. The van der Waals surface area contributed by atoms with E-state index in [0.717, 1.165) is 12.8 Å². The average molecular weight is 393 g/mol. The fraction of sp³-hybridized carbons (Fsp3) is 0.421. The molecule has 0 atom stereocenters. The van der Waals surface area contributed by atoms with Gasteiger partial charge in [0.1, 0.15) is 5.82 Å². The number of carbonyl (C=O) groups is 1. The van der Waals surface area contributed by atoms with Gasteiger partial charge in [0.2, 0.25) is 0 Å². The average Bonchev–Trinajstić information content (AvgIpc) is 2.59. The molecule has 146 valence electrons. The van der Waals surface area contributed by atoms with Gasteiger partial charge < -0.3 is 10.6 Å². The zero-order chi connectivity index (χ0) is 20.1. The second-order valence-corrected chi connectivity index (χ2v) is 7.25. The molecule has 0 aliphatic carbocycles. The number of amides is 1. The van der Waals surface area contributed by atoms with E-state index in [-0.39, 0.29) is 24.0 Å². The second kappa shape index (κ2) is 8.90. The Morgan fingerprint density at radius 3 is 2.63 bits per heavy atom. The van der Waals surface area contributed by atoms with E-state index < -0.39 is 17.2 Å². The predicted molar refractivity (Wildman–Crippen MR) is 109 cm³/mol. The summed E-state index contributed by atoms with van der Waals surface area (Å²) >= 11 is 6.00. The van der Waals surface area contributed by atoms with Gasteiger partial charge in [0, 0.05) is 23.7 Å². The third kappa shape index (κ3) is 4.80. The van der Waals surface area contributed by atoms with Crippen molar-refractivity contribution in [3.63, 3.8) is 0 Å². The van der Waals surface area contributed by atoms with E-state index in [2.05, 4.69) is 4.98 Å². The molecule has 27 heavy (non-hydrogen) atoms. The summed E-state index contributed by atoms with van der Waals surface area (Å²) in [5, 5.41) is 0.417. The quantitative estimate of drug-likeness (QED) is 0.756. The summed E-state index contributed by atoms with van der Waals surface area (Å²) in [6, 6.07) is 6.49. The van der Waals surface area contributed by atoms with Crippen LogP contribution in [0.1, 0.15) is 44.0 Å². The van der Waals surface area contributed by atoms with Crippen molar-refractivity contribution in [2.75, 3.05) is 17.2 Å². The third-order valence-corrected chi connectivity index (χ3v) is 4.32. The molecule has 0 bridgehead atoms. The Hall–Kier alpha value is -2.54. The standard InChI is InChI=1S/C19H25ClN4O3/c1-4-5-9-23-16(21)15(17(25)22-19(23)27)24(11-12(2)3)18(26)13-7-6-8-14(20)10-13/h6-8,10,12H,4-5,9,11,21H2,1-3H3,(H,22,25,27). The number of unbranched alkanes of at least 4 members (excludes halogenated alkanes) is 1. The lowest BCUT2D eigenvalue weighted by Gasteiger charge is -2.26. The number of nitrogens with one attached hydrogen (secondary N) is 1. The Bertz CT molecular complexity index is 933. The van der Waals surface area contributed by atoms with Crippen molar-refractivity contribution in [3.8, 4) is 0 Å². The smallest absolute Gasteiger partial charge is 0.330 e. The normalized spacial score (nSPS) is 11.0. The molecule has 0 aliphatic heterocycles. The number of carbonyl (C=O) groups excluding carboxylic acids is 1. The molecule has 2 aromatic rings. The molecule has 0 saturated heterocycles. The van der Waals surface area contributed by atoms with E-state index in [9.17, 15) is 14.4 Å². The predicted octanol–water partition coefficient (Wildman–Crippen LogP) is 2.88. The van der Waals surface area contributed by atoms with Gasteiger partial charge in [-0.3, -0.25) is 19.1 Å². The Morgan fingerprint density at radius 1 is 1.33 bits per heavy atom. The number of H-pyrrole nitrogens is 1. The molecule has 1 aromatic heterocycles. The Balaban J connectivity index is 2.61. The summed E-state index contributed by atoms with van der Waals surface area (Å²) in [6.07, 6.45) is 1.58. The Labute approximate surface area is 162 Å². The maximum atomic E-state index is 13.1. The monoisotopic (exact) mass is 392 g/mol. The molecule has 8 heteroatoms. The molecule has 0 unspecified atom stereocenters. The van der Waals surface area contributed by atoms with Gasteiger partial charge in [0.15, 0.2) is 5.69 Å². The molecule has 7 nitrogen and oxygen atoms in total. The highest BCUT2D eigenvalue weighted by molar-refractivity contribution is 6.31. The number of nitrogens with zero attached hydrogens (tertiary/aromatic N) is 2. The highest BCUT2D eigenvalue weighted by Gasteiger charge is 2.26. The summed E-state index contributed by atoms with van der Waals surface area (Å²) < 4.78 is 1.30. The molecule has 1 heterocycles. The summed E-state index contributed by atoms with van der Waals surface area (Å²) in [7, 11) is 0. The topological polar surface area (TPSA) is 101 Å². The van der Waals surface area contributed by atoms with Gasteiger partial charge in [-0.05, 0) is 30.5 Å². The molecule has 3 N–H and O–H groups in total. The Kier molecular flexibility index (Phi) is 6.85. The highest BCUT2D eigenvalue weighted by Crippen LogP contribution is 2.22. The van der Waals surface area contributed by atoms with E-state index in [4.69, 9.17) is 17.3 Å². The number of rotatable bonds is 7. The van der Waals surface area contributed by atoms with E-state index >= 15 is 0 Å². The number of hydrogen-bond donors (Lipinski definition) is 2. The van der Waals surface area contributed by atoms with Crippen LogP contribution in [-0.2, 0) is 6.54 Å². The van der Waals surface area contributed by atoms with E-state index in [1.807, 2.05) is 20.8 Å². The van der Waals surface area contributed by atoms with Crippen molar-refractivity contribution in [2.45, 2.75) is 40.2 Å². The first-order valence-electron chi connectivity index (χ1n) is 8.96. The SMILES string of the molecule is CCCCn1c(N)c(N(CC(C)C)C(=O)c2cccc(Cl)c2)c(=O)[nH]c1=O. The first kappa shape index (κ1) is 20.8. The minimum absolute atomic E-state index is 0.00627. The van der Waals surface area contributed by atoms with Crippen LogP contribution >= 0.6 is 11.6 Å². The van der Waals surface area contributed by atoms with Crippen LogP contribution in [0.4, 0.5) is 11.5 Å². The number of halogens is 1. The zero-order valence-electron chi connectivity index (χ0n) is 15.8. The lowest BCUT2D eigenvalue weighted by molar-refractivity contribution is 0.0983. The molecular weight excluding hydrogens is 368 g/mol. The third-order valence-electron chi connectivity index (χ3n) is 4.08. The maximum absolute atomic E-state index is 13.1. The highest BCUT2D eigenvalue weighted by atomic mass is 35.5. The summed E-state index contributed by atoms with van der Waals surface area (Å²) in [5.74, 6) is -0.333. The van der Waals surface area contributed by atoms with Crippen LogP contribution in [0.5, 0.6) is 0 Å². The maximum Gasteiger partial charge on any atom is 0.330 e. The first-order chi connectivity index (χ1) is 12.8. The van der Waals surface area contributed by atoms with Crippen LogP contribution in [0.3, 0.4) is 0 Å². The van der Waals surface area contributed by atoms with Gasteiger partial charge >= 0.3 is 5.69 Å². The molecular formula is C19H25ClN4O3. The molecule has 0 aliphatic rings. The largest absolute Gasteiger partial charge is 0.383 e. The van der Waals surface area contributed by atoms with Crippen LogP contribution in [0.25, 0.3) is 0 Å². The minimum Gasteiger partial charge on any atom is -0.383 e. The first-order valence-corrected chi connectivity index (χ1v) is 9.34. The van der Waals surface area contributed by atoms with Gasteiger partial charge in [-0.25, -0.2) is 4.79 Å². The van der Waals surface area contributed by atoms with Crippen molar-refractivity contribution in [1.82, 2.24) is 9.55 Å². The van der Waals surface area contributed by atoms with Crippen molar-refractivity contribution >= 4 is 29.0 Å². The fourth-order valence-corrected chi connectivity index (χ4v) is 2.98. The van der Waals surface area contributed by atoms with Gasteiger partial charge in [0.25, 0.3) is 11.5 Å². The summed E-state index contributed by atoms with van der Waals surface area (Å²) in [4.78, 5) is 41.4. The number of nitrogens with two attached hydrogens (primary N) is 1. The second-order valence-electron chi connectivity index (χ2n) is 6.82. The molecule has 2 rings (SSSR count). The lowest BCUT2D eigenvalue weighted by atomic mass is 10.1. The number of hydrogen-bond acceptors (Lipinski definition) is 4. The fourth-order valence-electron chi connectivity index (χ4n) is 2.79. The van der Waals surface area contributed by atoms with Crippen molar-refractivity contribution in [1.29, 1.82) is 0 Å². The number of nitrogen functional groups attached to an aromatic ring is 1. The molecule has 0 fully saturated rings. The van der Waals surface area contributed by atoms with E-state index in [1.54, 1.807) is 18.2 Å². The van der Waals surface area contributed by atoms with Crippen molar-refractivity contribution in [2.24, 2.45) is 5.92 Å². The van der Waals surface area contributed by atoms with E-state index in [0.29, 0.717) is 17.1 Å². The number of aromatic amines is 1. The Morgan fingerprint density at radius 2 is 2.04 bits per heavy atom. The molecule has 1 aromatic carbocycles. The van der Waals surface area contributed by atoms with Crippen LogP contribution in [-0.4, -0.2) is 22.0 Å². The van der Waals surface area contributed by atoms with Crippen molar-refractivity contribution < 1.29 is 4.79 Å². The minimum atomic E-state index is -0.679. The van der Waals surface area contributed by atoms with Gasteiger partial charge in [0.05, 0.1) is 0 Å². The lowest BCUT2D eigenvalue weighted by Crippen LogP contribution is -2.42. The number of benzene rings is 1. The van der Waals surface area contributed by atoms with Gasteiger partial charge in [-0.15, -0.1) is 0 Å². The zero-order valence-corrected chi connectivity index (χ0v) is 16.5. The van der Waals surface area contributed by atoms with Crippen molar-refractivity contribution in [3.05, 3.63) is 55.7 Å². The van der Waals surface area contributed by atoms with Crippen LogP contribution in [0, 0.1) is 5.92 Å². The van der Waals surface area contributed by atoms with Crippen LogP contribution < -0.4 is 21.9 Å². The van der Waals surface area contributed by atoms with Crippen LogP contribution in [0.15, 0.2) is 33.9 Å². The van der Waals surface area contributed by atoms with Gasteiger partial charge in [-0.2, -0.15) is 0 Å². The number of aromatic nitrogens is 2. The summed E-state index contributed by atoms with van der Waals surface area (Å²) in [5.41, 5.74) is 5.25. The van der Waals surface area contributed by atoms with Gasteiger partial charge in [-0.1, -0.05) is 44.9 Å².